The van der Waals surface area contributed by atoms with Crippen molar-refractivity contribution in [3.63, 3.8) is 0 Å². The lowest BCUT2D eigenvalue weighted by atomic mass is 9.76. The lowest BCUT2D eigenvalue weighted by molar-refractivity contribution is 0.0163. The maximum Gasteiger partial charge on any atom is 0.166 e. The molecule has 1 aromatic rings. The largest absolute Gasteiger partial charge is 0.381 e. The third-order valence-electron chi connectivity index (χ3n) is 4.23. The van der Waals surface area contributed by atoms with Crippen molar-refractivity contribution in [2.24, 2.45) is 11.8 Å². The van der Waals surface area contributed by atoms with Gasteiger partial charge in [-0.25, -0.2) is 0 Å². The van der Waals surface area contributed by atoms with E-state index in [-0.39, 0.29) is 5.92 Å². The van der Waals surface area contributed by atoms with Gasteiger partial charge in [-0.3, -0.25) is 4.79 Å². The fourth-order valence-electron chi connectivity index (χ4n) is 3.04. The number of ether oxygens (including phenoxy) is 1. The molecule has 0 radical (unpaired) electrons. The molecule has 0 bridgehead atoms. The number of aryl methyl sites for hydroxylation is 1. The Morgan fingerprint density at radius 3 is 2.74 bits per heavy atom. The number of hydrogen-bond acceptors (Lipinski definition) is 2. The van der Waals surface area contributed by atoms with Crippen LogP contribution in [0.3, 0.4) is 0 Å². The first kappa shape index (κ1) is 14.7. The van der Waals surface area contributed by atoms with Crippen molar-refractivity contribution >= 4 is 21.7 Å². The molecule has 104 valence electrons. The molecular weight excluding hydrogens is 304 g/mol. The number of Topliss-reactive ketones (excluding diaryl/α,β-unsaturated/α-hetero) is 1. The van der Waals surface area contributed by atoms with Gasteiger partial charge < -0.3 is 4.74 Å². The highest BCUT2D eigenvalue weighted by Crippen LogP contribution is 2.33. The van der Waals surface area contributed by atoms with Crippen LogP contribution < -0.4 is 0 Å². The molecule has 19 heavy (non-hydrogen) atoms. The molecule has 1 unspecified atom stereocenters. The first-order chi connectivity index (χ1) is 9.02. The van der Waals surface area contributed by atoms with Crippen molar-refractivity contribution in [2.45, 2.75) is 39.2 Å². The molecule has 1 saturated carbocycles. The van der Waals surface area contributed by atoms with Crippen LogP contribution in [0.25, 0.3) is 0 Å². The molecule has 2 rings (SSSR count). The fraction of sp³-hybridized carbons (Fsp3) is 0.562. The number of carbonyl (C=O) groups is 1. The van der Waals surface area contributed by atoms with Gasteiger partial charge in [-0.15, -0.1) is 0 Å². The highest BCUT2D eigenvalue weighted by Gasteiger charge is 2.32. The minimum atomic E-state index is 0.148. The smallest absolute Gasteiger partial charge is 0.166 e. The summed E-state index contributed by atoms with van der Waals surface area (Å²) in [6.45, 7) is 4.19. The molecule has 0 aliphatic heterocycles. The van der Waals surface area contributed by atoms with E-state index >= 15 is 0 Å². The van der Waals surface area contributed by atoms with Crippen molar-refractivity contribution in [1.82, 2.24) is 0 Å². The van der Waals surface area contributed by atoms with Gasteiger partial charge in [0.15, 0.2) is 5.78 Å². The summed E-state index contributed by atoms with van der Waals surface area (Å²) in [5.74, 6) is 0.898. The summed E-state index contributed by atoms with van der Waals surface area (Å²) < 4.78 is 6.43. The summed E-state index contributed by atoms with van der Waals surface area (Å²) in [7, 11) is 1.77. The predicted octanol–water partition coefficient (Wildman–Crippen LogP) is 4.39. The second kappa shape index (κ2) is 6.19. The molecule has 1 aromatic carbocycles. The zero-order valence-electron chi connectivity index (χ0n) is 11.8. The van der Waals surface area contributed by atoms with Crippen LogP contribution in [0.4, 0.5) is 0 Å². The van der Waals surface area contributed by atoms with E-state index in [1.54, 1.807) is 7.11 Å². The van der Waals surface area contributed by atoms with Crippen molar-refractivity contribution in [3.05, 3.63) is 33.8 Å². The maximum absolute atomic E-state index is 12.7. The first-order valence-corrected chi connectivity index (χ1v) is 7.65. The van der Waals surface area contributed by atoms with Gasteiger partial charge in [0, 0.05) is 23.1 Å². The number of rotatable bonds is 3. The van der Waals surface area contributed by atoms with Crippen LogP contribution in [-0.4, -0.2) is 19.0 Å². The van der Waals surface area contributed by atoms with E-state index < -0.39 is 0 Å². The third kappa shape index (κ3) is 3.26. The molecule has 0 aromatic heterocycles. The van der Waals surface area contributed by atoms with Crippen molar-refractivity contribution in [3.8, 4) is 0 Å². The minimum absolute atomic E-state index is 0.148. The number of benzene rings is 1. The van der Waals surface area contributed by atoms with Crippen molar-refractivity contribution in [2.75, 3.05) is 7.11 Å². The maximum atomic E-state index is 12.7. The SMILES string of the molecule is CO[C@H]1CCC(C(=O)c2cc(Br)ccc2C)C[C@@H]1C. The van der Waals surface area contributed by atoms with Crippen LogP contribution >= 0.6 is 15.9 Å². The summed E-state index contributed by atoms with van der Waals surface area (Å²) in [6, 6.07) is 5.93. The predicted molar refractivity (Wildman–Crippen MR) is 80.5 cm³/mol. The Morgan fingerprint density at radius 2 is 2.11 bits per heavy atom. The van der Waals surface area contributed by atoms with E-state index in [1.807, 2.05) is 25.1 Å². The quantitative estimate of drug-likeness (QED) is 0.771. The Kier molecular flexibility index (Phi) is 4.80. The average molecular weight is 325 g/mol. The molecule has 1 fully saturated rings. The molecule has 0 saturated heterocycles. The normalized spacial score (nSPS) is 27.3. The first-order valence-electron chi connectivity index (χ1n) is 6.86. The van der Waals surface area contributed by atoms with E-state index in [4.69, 9.17) is 4.74 Å². The lowest BCUT2D eigenvalue weighted by Crippen LogP contribution is -2.32. The fourth-order valence-corrected chi connectivity index (χ4v) is 3.40. The Labute approximate surface area is 123 Å². The summed E-state index contributed by atoms with van der Waals surface area (Å²) in [4.78, 5) is 12.7. The zero-order valence-corrected chi connectivity index (χ0v) is 13.4. The molecule has 1 aliphatic carbocycles. The van der Waals surface area contributed by atoms with Gasteiger partial charge in [0.05, 0.1) is 6.10 Å². The number of methoxy groups -OCH3 is 1. The van der Waals surface area contributed by atoms with Crippen molar-refractivity contribution < 1.29 is 9.53 Å². The van der Waals surface area contributed by atoms with Gasteiger partial charge in [0.2, 0.25) is 0 Å². The van der Waals surface area contributed by atoms with Crippen LogP contribution in [0.5, 0.6) is 0 Å². The highest BCUT2D eigenvalue weighted by molar-refractivity contribution is 9.10. The zero-order chi connectivity index (χ0) is 14.0. The van der Waals surface area contributed by atoms with E-state index in [1.165, 1.54) is 0 Å². The van der Waals surface area contributed by atoms with Gasteiger partial charge >= 0.3 is 0 Å². The van der Waals surface area contributed by atoms with E-state index in [2.05, 4.69) is 22.9 Å². The van der Waals surface area contributed by atoms with Crippen LogP contribution in [0.15, 0.2) is 22.7 Å². The molecule has 0 heterocycles. The van der Waals surface area contributed by atoms with Crippen LogP contribution in [0, 0.1) is 18.8 Å². The summed E-state index contributed by atoms with van der Waals surface area (Å²) in [5, 5.41) is 0. The second-order valence-corrected chi connectivity index (χ2v) is 6.50. The molecule has 0 N–H and O–H groups in total. The Bertz CT molecular complexity index is 470. The Morgan fingerprint density at radius 1 is 1.37 bits per heavy atom. The Hall–Kier alpha value is -0.670. The monoisotopic (exact) mass is 324 g/mol. The van der Waals surface area contributed by atoms with Crippen LogP contribution in [-0.2, 0) is 4.74 Å². The van der Waals surface area contributed by atoms with Gasteiger partial charge in [-0.2, -0.15) is 0 Å². The summed E-state index contributed by atoms with van der Waals surface area (Å²) in [5.41, 5.74) is 1.93. The molecular formula is C16H21BrO2. The van der Waals surface area contributed by atoms with E-state index in [9.17, 15) is 4.79 Å². The van der Waals surface area contributed by atoms with E-state index in [0.717, 1.165) is 34.9 Å². The summed E-state index contributed by atoms with van der Waals surface area (Å²) in [6.07, 6.45) is 3.17. The molecule has 1 aliphatic rings. The van der Waals surface area contributed by atoms with Gasteiger partial charge in [0.25, 0.3) is 0 Å². The standard InChI is InChI=1S/C16H21BrO2/c1-10-4-6-13(17)9-14(10)16(18)12-5-7-15(19-3)11(2)8-12/h4,6,9,11-12,15H,5,7-8H2,1-3H3/t11-,12?,15-/m0/s1. The van der Waals surface area contributed by atoms with Crippen LogP contribution in [0.2, 0.25) is 0 Å². The summed E-state index contributed by atoms with van der Waals surface area (Å²) >= 11 is 3.45. The van der Waals surface area contributed by atoms with Gasteiger partial charge in [-0.1, -0.05) is 28.9 Å². The third-order valence-corrected chi connectivity index (χ3v) is 4.72. The molecule has 2 nitrogen and oxygen atoms in total. The Balaban J connectivity index is 2.14. The topological polar surface area (TPSA) is 26.3 Å². The molecule has 0 amide bonds. The number of hydrogen-bond donors (Lipinski definition) is 0. The number of halogens is 1. The van der Waals surface area contributed by atoms with Gasteiger partial charge in [0.1, 0.15) is 0 Å². The van der Waals surface area contributed by atoms with Crippen molar-refractivity contribution in [1.29, 1.82) is 0 Å². The number of ketones is 1. The van der Waals surface area contributed by atoms with Gasteiger partial charge in [-0.05, 0) is 49.8 Å². The molecule has 3 heteroatoms. The average Bonchev–Trinajstić information content (AvgIpc) is 2.40. The molecule has 3 atom stereocenters. The second-order valence-electron chi connectivity index (χ2n) is 5.58. The number of carbonyl (C=O) groups excluding carboxylic acids is 1. The highest BCUT2D eigenvalue weighted by atomic mass is 79.9. The minimum Gasteiger partial charge on any atom is -0.381 e. The molecule has 0 spiro atoms. The van der Waals surface area contributed by atoms with E-state index in [0.29, 0.717) is 17.8 Å². The van der Waals surface area contributed by atoms with Crippen LogP contribution in [0.1, 0.15) is 42.1 Å². The lowest BCUT2D eigenvalue weighted by Gasteiger charge is -2.32.